The summed E-state index contributed by atoms with van der Waals surface area (Å²) < 4.78 is 27.3. The Balaban J connectivity index is 2.85. The van der Waals surface area contributed by atoms with Gasteiger partial charge < -0.3 is 5.32 Å². The summed E-state index contributed by atoms with van der Waals surface area (Å²) in [6.45, 7) is 6.12. The summed E-state index contributed by atoms with van der Waals surface area (Å²) in [4.78, 5) is 0. The molecule has 1 aromatic rings. The summed E-state index contributed by atoms with van der Waals surface area (Å²) in [5, 5.41) is 3.10. The van der Waals surface area contributed by atoms with Crippen LogP contribution in [0.15, 0.2) is 29.3 Å². The van der Waals surface area contributed by atoms with Crippen molar-refractivity contribution in [1.82, 2.24) is 5.32 Å². The summed E-state index contributed by atoms with van der Waals surface area (Å²) in [5.41, 5.74) is 0.358. The molecule has 1 nitrogen and oxygen atoms in total. The molecule has 0 fully saturated rings. The van der Waals surface area contributed by atoms with Crippen LogP contribution in [-0.2, 0) is 0 Å². The van der Waals surface area contributed by atoms with E-state index in [9.17, 15) is 8.78 Å². The topological polar surface area (TPSA) is 12.0 Å². The van der Waals surface area contributed by atoms with Gasteiger partial charge in [0.1, 0.15) is 11.6 Å². The molecule has 0 spiro atoms. The van der Waals surface area contributed by atoms with Gasteiger partial charge in [0.05, 0.1) is 0 Å². The zero-order valence-electron chi connectivity index (χ0n) is 9.06. The molecule has 0 aliphatic heterocycles. The molecule has 0 bridgehead atoms. The number of benzene rings is 1. The maximum Gasteiger partial charge on any atom is 0.128 e. The van der Waals surface area contributed by atoms with Gasteiger partial charge in [0, 0.05) is 22.6 Å². The average Bonchev–Trinajstić information content (AvgIpc) is 2.23. The highest BCUT2D eigenvalue weighted by Gasteiger charge is 2.14. The molecular formula is C12H14BrF2N. The highest BCUT2D eigenvalue weighted by Crippen LogP contribution is 2.21. The van der Waals surface area contributed by atoms with Crippen molar-refractivity contribution in [3.63, 3.8) is 0 Å². The van der Waals surface area contributed by atoms with Crippen LogP contribution in [0, 0.1) is 11.6 Å². The molecule has 0 radical (unpaired) electrons. The number of nitrogens with one attached hydrogen (secondary N) is 1. The molecule has 1 N–H and O–H groups in total. The highest BCUT2D eigenvalue weighted by atomic mass is 79.9. The van der Waals surface area contributed by atoms with E-state index in [0.29, 0.717) is 18.5 Å². The first-order valence-corrected chi connectivity index (χ1v) is 5.85. The molecule has 1 aromatic carbocycles. The lowest BCUT2D eigenvalue weighted by atomic mass is 10.0. The van der Waals surface area contributed by atoms with E-state index in [-0.39, 0.29) is 11.9 Å². The fraction of sp³-hybridized carbons (Fsp3) is 0.333. The highest BCUT2D eigenvalue weighted by molar-refractivity contribution is 9.11. The lowest BCUT2D eigenvalue weighted by Crippen LogP contribution is -2.22. The first-order chi connectivity index (χ1) is 7.54. The molecule has 0 aromatic heterocycles. The van der Waals surface area contributed by atoms with Crippen molar-refractivity contribution >= 4 is 15.9 Å². The lowest BCUT2D eigenvalue weighted by molar-refractivity contribution is 0.501. The van der Waals surface area contributed by atoms with Crippen LogP contribution in [0.4, 0.5) is 8.78 Å². The number of halogens is 3. The second kappa shape index (κ2) is 6.11. The molecule has 1 atom stereocenters. The van der Waals surface area contributed by atoms with Crippen molar-refractivity contribution in [3.8, 4) is 0 Å². The number of rotatable bonds is 5. The molecule has 1 rings (SSSR count). The molecule has 0 aliphatic carbocycles. The van der Waals surface area contributed by atoms with Gasteiger partial charge in [-0.25, -0.2) is 8.78 Å². The van der Waals surface area contributed by atoms with Crippen molar-refractivity contribution < 1.29 is 8.78 Å². The summed E-state index contributed by atoms with van der Waals surface area (Å²) in [6, 6.07) is 3.30. The summed E-state index contributed by atoms with van der Waals surface area (Å²) >= 11 is 3.21. The summed E-state index contributed by atoms with van der Waals surface area (Å²) in [5.74, 6) is -0.810. The van der Waals surface area contributed by atoms with E-state index in [4.69, 9.17) is 0 Å². The third kappa shape index (κ3) is 3.68. The van der Waals surface area contributed by atoms with Crippen LogP contribution < -0.4 is 5.32 Å². The fourth-order valence-corrected chi connectivity index (χ4v) is 1.65. The Morgan fingerprint density at radius 3 is 2.75 bits per heavy atom. The van der Waals surface area contributed by atoms with Gasteiger partial charge in [-0.15, -0.1) is 0 Å². The molecule has 4 heteroatoms. The predicted octanol–water partition coefficient (Wildman–Crippen LogP) is 3.91. The summed E-state index contributed by atoms with van der Waals surface area (Å²) in [6.07, 6.45) is 0.681. The molecule has 88 valence electrons. The van der Waals surface area contributed by atoms with Gasteiger partial charge in [-0.3, -0.25) is 0 Å². The smallest absolute Gasteiger partial charge is 0.128 e. The monoisotopic (exact) mass is 289 g/mol. The molecule has 0 saturated heterocycles. The van der Waals surface area contributed by atoms with Crippen LogP contribution in [0.5, 0.6) is 0 Å². The predicted molar refractivity (Wildman–Crippen MR) is 65.5 cm³/mol. The van der Waals surface area contributed by atoms with Crippen molar-refractivity contribution in [2.75, 3.05) is 6.54 Å². The Labute approximate surface area is 103 Å². The first kappa shape index (κ1) is 13.3. The lowest BCUT2D eigenvalue weighted by Gasteiger charge is -2.17. The first-order valence-electron chi connectivity index (χ1n) is 5.06. The van der Waals surface area contributed by atoms with Crippen molar-refractivity contribution in [2.24, 2.45) is 0 Å². The zero-order chi connectivity index (χ0) is 12.1. The number of hydrogen-bond donors (Lipinski definition) is 1. The molecule has 0 amide bonds. The van der Waals surface area contributed by atoms with Crippen LogP contribution in [0.2, 0.25) is 0 Å². The van der Waals surface area contributed by atoms with Gasteiger partial charge >= 0.3 is 0 Å². The Morgan fingerprint density at radius 2 is 2.19 bits per heavy atom. The third-order valence-electron chi connectivity index (χ3n) is 2.28. The van der Waals surface area contributed by atoms with Gasteiger partial charge in [-0.1, -0.05) is 29.4 Å². The van der Waals surface area contributed by atoms with Gasteiger partial charge in [-0.05, 0) is 24.6 Å². The Bertz CT molecular complexity index is 379. The van der Waals surface area contributed by atoms with E-state index in [1.165, 1.54) is 6.07 Å². The maximum absolute atomic E-state index is 13.5. The van der Waals surface area contributed by atoms with E-state index in [2.05, 4.69) is 27.8 Å². The quantitative estimate of drug-likeness (QED) is 0.866. The molecule has 0 heterocycles. The Kier molecular flexibility index (Phi) is 5.09. The fourth-order valence-electron chi connectivity index (χ4n) is 1.49. The number of hydrogen-bond acceptors (Lipinski definition) is 1. The minimum atomic E-state index is -0.422. The van der Waals surface area contributed by atoms with Crippen molar-refractivity contribution in [2.45, 2.75) is 19.4 Å². The Morgan fingerprint density at radius 1 is 1.50 bits per heavy atom. The van der Waals surface area contributed by atoms with E-state index < -0.39 is 5.82 Å². The minimum Gasteiger partial charge on any atom is -0.305 e. The van der Waals surface area contributed by atoms with E-state index >= 15 is 0 Å². The average molecular weight is 290 g/mol. The van der Waals surface area contributed by atoms with Crippen LogP contribution in [-0.4, -0.2) is 6.54 Å². The second-order valence-corrected chi connectivity index (χ2v) is 4.65. The summed E-state index contributed by atoms with van der Waals surface area (Å²) in [7, 11) is 0. The molecular weight excluding hydrogens is 276 g/mol. The molecule has 0 aliphatic rings. The van der Waals surface area contributed by atoms with E-state index in [1.54, 1.807) is 0 Å². The second-order valence-electron chi connectivity index (χ2n) is 3.52. The minimum absolute atomic E-state index is 0.204. The molecule has 0 saturated carbocycles. The normalized spacial score (nSPS) is 12.5. The van der Waals surface area contributed by atoms with Crippen LogP contribution >= 0.6 is 15.9 Å². The van der Waals surface area contributed by atoms with Crippen LogP contribution in [0.25, 0.3) is 0 Å². The van der Waals surface area contributed by atoms with Crippen LogP contribution in [0.3, 0.4) is 0 Å². The SMILES string of the molecule is C=C(Br)CNC(CC)c1cc(F)ccc1F. The standard InChI is InChI=1S/C12H14BrF2N/c1-3-12(16-7-8(2)13)10-6-9(14)4-5-11(10)15/h4-6,12,16H,2-3,7H2,1H3. The largest absolute Gasteiger partial charge is 0.305 e. The van der Waals surface area contributed by atoms with Gasteiger partial charge in [-0.2, -0.15) is 0 Å². The van der Waals surface area contributed by atoms with Crippen molar-refractivity contribution in [3.05, 3.63) is 46.5 Å². The van der Waals surface area contributed by atoms with Crippen molar-refractivity contribution in [1.29, 1.82) is 0 Å². The van der Waals surface area contributed by atoms with Gasteiger partial charge in [0.25, 0.3) is 0 Å². The Hall–Kier alpha value is -0.740. The van der Waals surface area contributed by atoms with E-state index in [1.807, 2.05) is 6.92 Å². The maximum atomic E-state index is 13.5. The molecule has 1 unspecified atom stereocenters. The van der Waals surface area contributed by atoms with Gasteiger partial charge in [0.15, 0.2) is 0 Å². The molecule has 16 heavy (non-hydrogen) atoms. The van der Waals surface area contributed by atoms with Crippen LogP contribution in [0.1, 0.15) is 24.9 Å². The van der Waals surface area contributed by atoms with Gasteiger partial charge in [0.2, 0.25) is 0 Å². The third-order valence-corrected chi connectivity index (χ3v) is 2.56. The zero-order valence-corrected chi connectivity index (χ0v) is 10.7. The van der Waals surface area contributed by atoms with E-state index in [0.717, 1.165) is 16.6 Å².